The quantitative estimate of drug-likeness (QED) is 0.0483. The first-order valence-electron chi connectivity index (χ1n) is 21.1. The highest BCUT2D eigenvalue weighted by molar-refractivity contribution is 7.48. The molecule has 0 rings (SSSR count). The van der Waals surface area contributed by atoms with E-state index < -0.39 is 7.82 Å². The Hall–Kier alpha value is -0.0100. The van der Waals surface area contributed by atoms with Crippen LogP contribution >= 0.6 is 7.82 Å². The zero-order chi connectivity index (χ0) is 35.1. The summed E-state index contributed by atoms with van der Waals surface area (Å²) in [6.07, 6.45) is 37.9. The molecule has 0 saturated heterocycles. The molecule has 0 unspecified atom stereocenters. The molecule has 0 fully saturated rings. The third kappa shape index (κ3) is 35.8. The molecule has 0 aromatic rings. The van der Waals surface area contributed by atoms with Gasteiger partial charge in [0.25, 0.3) is 0 Å². The van der Waals surface area contributed by atoms with Crippen molar-refractivity contribution in [1.82, 2.24) is 4.90 Å². The van der Waals surface area contributed by atoms with Crippen LogP contribution in [0.2, 0.25) is 0 Å². The first kappa shape index (κ1) is 48.0. The zero-order valence-corrected chi connectivity index (χ0v) is 33.2. The van der Waals surface area contributed by atoms with Gasteiger partial charge in [0, 0.05) is 13.1 Å². The molecule has 0 radical (unpaired) electrons. The average molecular weight is 706 g/mol. The summed E-state index contributed by atoms with van der Waals surface area (Å²) in [6.45, 7) is 7.70. The molecule has 0 saturated carbocycles. The van der Waals surface area contributed by atoms with Gasteiger partial charge >= 0.3 is 7.82 Å². The van der Waals surface area contributed by atoms with Gasteiger partial charge < -0.3 is 10.2 Å². The number of phosphoric ester groups is 1. The smallest absolute Gasteiger partial charge is 0.395 e. The Labute approximate surface area is 299 Å². The van der Waals surface area contributed by atoms with Gasteiger partial charge in [-0.15, -0.1) is 0 Å². The summed E-state index contributed by atoms with van der Waals surface area (Å²) < 4.78 is 30.8. The number of aliphatic hydroxyl groups excluding tert-OH is 2. The van der Waals surface area contributed by atoms with Gasteiger partial charge in [-0.2, -0.15) is 0 Å². The molecule has 0 atom stereocenters. The van der Waals surface area contributed by atoms with Crippen molar-refractivity contribution in [2.24, 2.45) is 0 Å². The second kappa shape index (κ2) is 39.8. The molecule has 7 nitrogen and oxygen atoms in total. The first-order chi connectivity index (χ1) is 23.6. The maximum Gasteiger partial charge on any atom is 0.474 e. The minimum absolute atomic E-state index is 0.0753. The van der Waals surface area contributed by atoms with Crippen LogP contribution in [0.3, 0.4) is 0 Å². The van der Waals surface area contributed by atoms with Gasteiger partial charge in [0.05, 0.1) is 33.0 Å². The molecule has 0 bridgehead atoms. The number of unbranched alkanes of at least 4 members (excludes halogenated alkanes) is 27. The summed E-state index contributed by atoms with van der Waals surface area (Å²) in [4.78, 5) is 2.03. The Morgan fingerprint density at radius 2 is 0.625 bits per heavy atom. The van der Waals surface area contributed by atoms with Crippen LogP contribution in [-0.4, -0.2) is 67.8 Å². The Balaban J connectivity index is 4.13. The van der Waals surface area contributed by atoms with Crippen molar-refractivity contribution in [3.8, 4) is 0 Å². The lowest BCUT2D eigenvalue weighted by atomic mass is 10.0. The molecular formula is C40H84NO6P. The van der Waals surface area contributed by atoms with Crippen molar-refractivity contribution in [1.29, 1.82) is 0 Å². The predicted octanol–water partition coefficient (Wildman–Crippen LogP) is 12.2. The molecule has 0 heterocycles. The molecule has 48 heavy (non-hydrogen) atoms. The lowest BCUT2D eigenvalue weighted by Crippen LogP contribution is -2.30. The molecule has 8 heteroatoms. The molecule has 0 aliphatic carbocycles. The zero-order valence-electron chi connectivity index (χ0n) is 32.3. The van der Waals surface area contributed by atoms with E-state index in [1.54, 1.807) is 0 Å². The Morgan fingerprint density at radius 1 is 0.375 bits per heavy atom. The van der Waals surface area contributed by atoms with Crippen molar-refractivity contribution in [3.05, 3.63) is 0 Å². The van der Waals surface area contributed by atoms with Crippen LogP contribution in [0.25, 0.3) is 0 Å². The summed E-state index contributed by atoms with van der Waals surface area (Å²) in [5.74, 6) is 0. The molecule has 290 valence electrons. The van der Waals surface area contributed by atoms with E-state index >= 15 is 0 Å². The van der Waals surface area contributed by atoms with Gasteiger partial charge in [-0.3, -0.25) is 18.5 Å². The third-order valence-electron chi connectivity index (χ3n) is 9.45. The fraction of sp³-hybridized carbons (Fsp3) is 1.00. The van der Waals surface area contributed by atoms with E-state index in [0.717, 1.165) is 45.1 Å². The minimum atomic E-state index is -3.58. The average Bonchev–Trinajstić information content (AvgIpc) is 3.08. The van der Waals surface area contributed by atoms with Crippen LogP contribution in [0, 0.1) is 0 Å². The van der Waals surface area contributed by atoms with Crippen LogP contribution in [0.15, 0.2) is 0 Å². The van der Waals surface area contributed by atoms with E-state index in [2.05, 4.69) is 13.8 Å². The Bertz CT molecular complexity index is 611. The second-order valence-electron chi connectivity index (χ2n) is 14.1. The Kier molecular flexibility index (Phi) is 39.8. The maximum atomic E-state index is 13.4. The number of hydrogen-bond acceptors (Lipinski definition) is 7. The molecule has 0 aliphatic heterocycles. The maximum absolute atomic E-state index is 13.4. The van der Waals surface area contributed by atoms with Crippen LogP contribution in [0.5, 0.6) is 0 Å². The van der Waals surface area contributed by atoms with Gasteiger partial charge in [-0.1, -0.05) is 181 Å². The standard InChI is InChI=1S/C40H84NO6P/c1-3-5-7-9-11-13-15-17-19-21-23-25-27-30-38-45-48(44,47-40-32-29-33-41(34-36-42)35-37-43)46-39-31-28-26-24-22-20-18-16-14-12-10-8-6-4-2/h42-43H,3-40H2,1-2H3. The number of phosphoric acid groups is 1. The summed E-state index contributed by atoms with van der Waals surface area (Å²) in [5.41, 5.74) is 0. The van der Waals surface area contributed by atoms with E-state index in [1.165, 1.54) is 154 Å². The third-order valence-corrected chi connectivity index (χ3v) is 10.9. The van der Waals surface area contributed by atoms with Crippen LogP contribution in [0.1, 0.15) is 206 Å². The minimum Gasteiger partial charge on any atom is -0.395 e. The second-order valence-corrected chi connectivity index (χ2v) is 15.8. The lowest BCUT2D eigenvalue weighted by molar-refractivity contribution is 0.106. The van der Waals surface area contributed by atoms with Gasteiger partial charge in [0.2, 0.25) is 0 Å². The molecule has 0 aromatic heterocycles. The van der Waals surface area contributed by atoms with E-state index in [4.69, 9.17) is 13.6 Å². The van der Waals surface area contributed by atoms with Crippen LogP contribution in [-0.2, 0) is 18.1 Å². The summed E-state index contributed by atoms with van der Waals surface area (Å²) in [5, 5.41) is 18.4. The SMILES string of the molecule is CCCCCCCCCCCCCCCCOP(=O)(OCCCCCCCCCCCCCCCC)OCCCCN(CCO)CCO. The lowest BCUT2D eigenvalue weighted by Gasteiger charge is -2.21. The Morgan fingerprint density at radius 3 is 0.896 bits per heavy atom. The number of hydrogen-bond donors (Lipinski definition) is 2. The molecule has 0 amide bonds. The highest BCUT2D eigenvalue weighted by atomic mass is 31.2. The van der Waals surface area contributed by atoms with Crippen LogP contribution < -0.4 is 0 Å². The van der Waals surface area contributed by atoms with Gasteiger partial charge in [-0.05, 0) is 32.2 Å². The van der Waals surface area contributed by atoms with Crippen LogP contribution in [0.4, 0.5) is 0 Å². The van der Waals surface area contributed by atoms with Crippen molar-refractivity contribution in [2.45, 2.75) is 206 Å². The first-order valence-corrected chi connectivity index (χ1v) is 22.6. The van der Waals surface area contributed by atoms with E-state index in [9.17, 15) is 14.8 Å². The van der Waals surface area contributed by atoms with E-state index in [-0.39, 0.29) is 13.2 Å². The molecule has 0 aromatic carbocycles. The monoisotopic (exact) mass is 706 g/mol. The molecule has 2 N–H and O–H groups in total. The van der Waals surface area contributed by atoms with Gasteiger partial charge in [-0.25, -0.2) is 4.57 Å². The van der Waals surface area contributed by atoms with Crippen molar-refractivity contribution in [3.63, 3.8) is 0 Å². The highest BCUT2D eigenvalue weighted by Gasteiger charge is 2.26. The van der Waals surface area contributed by atoms with E-state index in [1.807, 2.05) is 4.90 Å². The highest BCUT2D eigenvalue weighted by Crippen LogP contribution is 2.50. The van der Waals surface area contributed by atoms with Gasteiger partial charge in [0.15, 0.2) is 0 Å². The molecular weight excluding hydrogens is 621 g/mol. The predicted molar refractivity (Wildman–Crippen MR) is 206 cm³/mol. The largest absolute Gasteiger partial charge is 0.474 e. The number of nitrogens with zero attached hydrogens (tertiary/aromatic N) is 1. The fourth-order valence-electron chi connectivity index (χ4n) is 6.29. The van der Waals surface area contributed by atoms with Gasteiger partial charge in [0.1, 0.15) is 0 Å². The normalized spacial score (nSPS) is 12.1. The topological polar surface area (TPSA) is 88.5 Å². The van der Waals surface area contributed by atoms with Crippen molar-refractivity contribution >= 4 is 7.82 Å². The molecule has 0 spiro atoms. The van der Waals surface area contributed by atoms with Crippen molar-refractivity contribution in [2.75, 3.05) is 52.7 Å². The summed E-state index contributed by atoms with van der Waals surface area (Å²) >= 11 is 0. The van der Waals surface area contributed by atoms with Crippen molar-refractivity contribution < 1.29 is 28.3 Å². The number of rotatable bonds is 42. The molecule has 0 aliphatic rings. The summed E-state index contributed by atoms with van der Waals surface area (Å²) in [7, 11) is -3.58. The number of aliphatic hydroxyl groups is 2. The fourth-order valence-corrected chi connectivity index (χ4v) is 7.57. The summed E-state index contributed by atoms with van der Waals surface area (Å²) in [6, 6.07) is 0. The van der Waals surface area contributed by atoms with E-state index in [0.29, 0.717) is 32.9 Å².